The van der Waals surface area contributed by atoms with E-state index >= 15 is 0 Å². The first-order chi connectivity index (χ1) is 14.6. The predicted molar refractivity (Wildman–Crippen MR) is 132 cm³/mol. The lowest BCUT2D eigenvalue weighted by molar-refractivity contribution is 0.101. The second kappa shape index (κ2) is 10.5. The minimum absolute atomic E-state index is 0.0865. The molecule has 3 aromatic rings. The molecule has 0 unspecified atom stereocenters. The van der Waals surface area contributed by atoms with Gasteiger partial charge in [0.15, 0.2) is 5.78 Å². The van der Waals surface area contributed by atoms with Crippen molar-refractivity contribution in [3.63, 3.8) is 0 Å². The van der Waals surface area contributed by atoms with Gasteiger partial charge in [-0.05, 0) is 66.3 Å². The van der Waals surface area contributed by atoms with Gasteiger partial charge < -0.3 is 4.72 Å². The molecule has 3 heteroatoms. The molecule has 3 rings (SSSR count). The van der Waals surface area contributed by atoms with Gasteiger partial charge in [-0.15, -0.1) is 0 Å². The first-order valence-electron chi connectivity index (χ1n) is 9.81. The Balaban J connectivity index is 1.67. The average Bonchev–Trinajstić information content (AvgIpc) is 2.80. The van der Waals surface area contributed by atoms with Crippen LogP contribution in [0.5, 0.6) is 0 Å². The van der Waals surface area contributed by atoms with E-state index in [1.54, 1.807) is 24.9 Å². The van der Waals surface area contributed by atoms with E-state index in [1.807, 2.05) is 43.3 Å². The number of hydrogen-bond acceptors (Lipinski definition) is 3. The molecular formula is C27H25NOS. The third-order valence-corrected chi connectivity index (χ3v) is 5.64. The number of rotatable bonds is 8. The summed E-state index contributed by atoms with van der Waals surface area (Å²) in [7, 11) is 0. The second-order valence-electron chi connectivity index (χ2n) is 6.78. The molecule has 0 fully saturated rings. The quantitative estimate of drug-likeness (QED) is 0.232. The third-order valence-electron chi connectivity index (χ3n) is 4.70. The Hall–Kier alpha value is -3.30. The maximum atomic E-state index is 11.4. The SMILES string of the molecule is C=C/C=C\C(=C/C)SNc1ccc(-c2ccc(-c3ccc(C(C)=O)cc3)cc2)cc1. The van der Waals surface area contributed by atoms with Crippen LogP contribution >= 0.6 is 11.9 Å². The Bertz CT molecular complexity index is 1060. The van der Waals surface area contributed by atoms with Crippen molar-refractivity contribution in [1.82, 2.24) is 0 Å². The number of benzene rings is 3. The summed E-state index contributed by atoms with van der Waals surface area (Å²) >= 11 is 1.57. The Morgan fingerprint density at radius 3 is 1.73 bits per heavy atom. The molecule has 0 saturated heterocycles. The Labute approximate surface area is 183 Å². The van der Waals surface area contributed by atoms with Crippen LogP contribution in [0.1, 0.15) is 24.2 Å². The van der Waals surface area contributed by atoms with Gasteiger partial charge in [0.1, 0.15) is 0 Å². The van der Waals surface area contributed by atoms with Crippen LogP contribution in [0.15, 0.2) is 109 Å². The van der Waals surface area contributed by atoms with Crippen LogP contribution in [-0.4, -0.2) is 5.78 Å². The van der Waals surface area contributed by atoms with Crippen LogP contribution < -0.4 is 4.72 Å². The average molecular weight is 412 g/mol. The topological polar surface area (TPSA) is 29.1 Å². The second-order valence-corrected chi connectivity index (χ2v) is 7.66. The lowest BCUT2D eigenvalue weighted by atomic mass is 9.99. The molecule has 0 aliphatic carbocycles. The minimum atomic E-state index is 0.0865. The van der Waals surface area contributed by atoms with Gasteiger partial charge in [-0.25, -0.2) is 0 Å². The molecule has 0 bridgehead atoms. The zero-order valence-electron chi connectivity index (χ0n) is 17.3. The summed E-state index contributed by atoms with van der Waals surface area (Å²) in [5.41, 5.74) is 6.37. The van der Waals surface area contributed by atoms with Gasteiger partial charge in [0.2, 0.25) is 0 Å². The lowest BCUT2D eigenvalue weighted by Crippen LogP contribution is -1.90. The van der Waals surface area contributed by atoms with Crippen molar-refractivity contribution in [1.29, 1.82) is 0 Å². The molecule has 30 heavy (non-hydrogen) atoms. The highest BCUT2D eigenvalue weighted by Crippen LogP contribution is 2.27. The van der Waals surface area contributed by atoms with Crippen molar-refractivity contribution in [2.45, 2.75) is 13.8 Å². The number of anilines is 1. The van der Waals surface area contributed by atoms with Crippen LogP contribution in [0.3, 0.4) is 0 Å². The molecular weight excluding hydrogens is 386 g/mol. The number of hydrogen-bond donors (Lipinski definition) is 1. The molecule has 0 saturated carbocycles. The van der Waals surface area contributed by atoms with Crippen LogP contribution in [-0.2, 0) is 0 Å². The van der Waals surface area contributed by atoms with Gasteiger partial charge in [0.05, 0.1) is 0 Å². The normalized spacial score (nSPS) is 11.5. The number of ketones is 1. The molecule has 0 heterocycles. The Morgan fingerprint density at radius 2 is 1.30 bits per heavy atom. The van der Waals surface area contributed by atoms with E-state index in [-0.39, 0.29) is 5.78 Å². The van der Waals surface area contributed by atoms with Gasteiger partial charge in [-0.3, -0.25) is 4.79 Å². The van der Waals surface area contributed by atoms with Crippen molar-refractivity contribution in [2.75, 3.05) is 4.72 Å². The molecule has 0 aromatic heterocycles. The lowest BCUT2D eigenvalue weighted by Gasteiger charge is -2.08. The summed E-state index contributed by atoms with van der Waals surface area (Å²) in [5.74, 6) is 0.0865. The van der Waals surface area contributed by atoms with Crippen LogP contribution in [0, 0.1) is 0 Å². The van der Waals surface area contributed by atoms with E-state index in [1.165, 1.54) is 11.1 Å². The molecule has 0 radical (unpaired) electrons. The van der Waals surface area contributed by atoms with E-state index in [4.69, 9.17) is 0 Å². The fourth-order valence-corrected chi connectivity index (χ4v) is 3.59. The fraction of sp³-hybridized carbons (Fsp3) is 0.0741. The van der Waals surface area contributed by atoms with E-state index in [2.05, 4.69) is 65.9 Å². The zero-order valence-corrected chi connectivity index (χ0v) is 18.1. The number of carbonyl (C=O) groups is 1. The van der Waals surface area contributed by atoms with Crippen LogP contribution in [0.2, 0.25) is 0 Å². The highest BCUT2D eigenvalue weighted by atomic mass is 32.2. The largest absolute Gasteiger partial charge is 0.326 e. The smallest absolute Gasteiger partial charge is 0.159 e. The molecule has 0 amide bonds. The summed E-state index contributed by atoms with van der Waals surface area (Å²) in [5, 5.41) is 0. The zero-order chi connectivity index (χ0) is 21.3. The summed E-state index contributed by atoms with van der Waals surface area (Å²) in [6.07, 6.45) is 7.77. The van der Waals surface area contributed by atoms with Crippen molar-refractivity contribution in [3.8, 4) is 22.3 Å². The van der Waals surface area contributed by atoms with E-state index in [0.717, 1.165) is 27.3 Å². The van der Waals surface area contributed by atoms with Gasteiger partial charge in [0.25, 0.3) is 0 Å². The first kappa shape index (κ1) is 21.4. The van der Waals surface area contributed by atoms with E-state index in [0.29, 0.717) is 0 Å². The van der Waals surface area contributed by atoms with E-state index < -0.39 is 0 Å². The van der Waals surface area contributed by atoms with Crippen molar-refractivity contribution in [3.05, 3.63) is 114 Å². The molecule has 0 aliphatic rings. The standard InChI is InChI=1S/C27H25NOS/c1-4-6-7-27(5-2)30-28-26-18-16-25(17-19-26)24-14-12-23(13-15-24)22-10-8-21(9-11-22)20(3)29/h4-19,28H,1H2,2-3H3/b7-6-,27-5+. The number of carbonyl (C=O) groups excluding carboxylic acids is 1. The number of nitrogens with one attached hydrogen (secondary N) is 1. The summed E-state index contributed by atoms with van der Waals surface area (Å²) < 4.78 is 3.37. The molecule has 150 valence electrons. The van der Waals surface area contributed by atoms with Crippen molar-refractivity contribution < 1.29 is 4.79 Å². The van der Waals surface area contributed by atoms with Crippen molar-refractivity contribution in [2.24, 2.45) is 0 Å². The van der Waals surface area contributed by atoms with Gasteiger partial charge in [0, 0.05) is 16.2 Å². The third kappa shape index (κ3) is 5.62. The molecule has 1 N–H and O–H groups in total. The van der Waals surface area contributed by atoms with Gasteiger partial charge in [-0.2, -0.15) is 0 Å². The molecule has 0 aliphatic heterocycles. The van der Waals surface area contributed by atoms with E-state index in [9.17, 15) is 4.79 Å². The molecule has 2 nitrogen and oxygen atoms in total. The minimum Gasteiger partial charge on any atom is -0.326 e. The van der Waals surface area contributed by atoms with Gasteiger partial charge in [-0.1, -0.05) is 85.5 Å². The maximum Gasteiger partial charge on any atom is 0.159 e. The number of allylic oxidation sites excluding steroid dienone is 4. The van der Waals surface area contributed by atoms with Crippen molar-refractivity contribution >= 4 is 23.4 Å². The first-order valence-corrected chi connectivity index (χ1v) is 10.6. The van der Waals surface area contributed by atoms with Crippen LogP contribution in [0.25, 0.3) is 22.3 Å². The summed E-state index contributed by atoms with van der Waals surface area (Å²) in [6, 6.07) is 24.6. The van der Waals surface area contributed by atoms with Gasteiger partial charge >= 0.3 is 0 Å². The predicted octanol–water partition coefficient (Wildman–Crippen LogP) is 7.93. The molecule has 3 aromatic carbocycles. The Morgan fingerprint density at radius 1 is 0.833 bits per heavy atom. The maximum absolute atomic E-state index is 11.4. The highest BCUT2D eigenvalue weighted by molar-refractivity contribution is 8.04. The number of Topliss-reactive ketones (excluding diaryl/α,β-unsaturated/α-hetero) is 1. The monoisotopic (exact) mass is 411 g/mol. The highest BCUT2D eigenvalue weighted by Gasteiger charge is 2.03. The summed E-state index contributed by atoms with van der Waals surface area (Å²) in [4.78, 5) is 12.6. The van der Waals surface area contributed by atoms with Crippen LogP contribution in [0.4, 0.5) is 5.69 Å². The summed E-state index contributed by atoms with van der Waals surface area (Å²) in [6.45, 7) is 7.30. The molecule has 0 atom stereocenters. The Kier molecular flexibility index (Phi) is 7.47. The fourth-order valence-electron chi connectivity index (χ4n) is 2.95. The molecule has 0 spiro atoms.